The van der Waals surface area contributed by atoms with Gasteiger partial charge in [-0.3, -0.25) is 4.79 Å². The molecule has 0 spiro atoms. The van der Waals surface area contributed by atoms with E-state index in [1.807, 2.05) is 60.3 Å². The number of carbonyl (C=O) groups excluding carboxylic acids is 1. The third-order valence-electron chi connectivity index (χ3n) is 3.33. The van der Waals surface area contributed by atoms with E-state index in [1.165, 1.54) is 0 Å². The molecule has 3 aromatic rings. The van der Waals surface area contributed by atoms with Gasteiger partial charge in [0.2, 0.25) is 0 Å². The van der Waals surface area contributed by atoms with Crippen molar-refractivity contribution in [3.8, 4) is 0 Å². The molecule has 3 rings (SSSR count). The summed E-state index contributed by atoms with van der Waals surface area (Å²) in [6.07, 6.45) is 3.90. The van der Waals surface area contributed by atoms with Gasteiger partial charge in [0.15, 0.2) is 5.78 Å². The van der Waals surface area contributed by atoms with Crippen LogP contribution in [-0.2, 0) is 13.5 Å². The molecule has 0 saturated carbocycles. The number of benzene rings is 2. The Balaban J connectivity index is 2.00. The maximum atomic E-state index is 12.4. The fourth-order valence-electron chi connectivity index (χ4n) is 2.27. The molecule has 3 nitrogen and oxygen atoms in total. The van der Waals surface area contributed by atoms with Crippen molar-refractivity contribution in [3.05, 3.63) is 66.2 Å². The van der Waals surface area contributed by atoms with Crippen LogP contribution in [0, 0.1) is 0 Å². The second kappa shape index (κ2) is 4.69. The maximum absolute atomic E-state index is 12.4. The van der Waals surface area contributed by atoms with Gasteiger partial charge in [0.1, 0.15) is 5.82 Å². The van der Waals surface area contributed by atoms with Crippen molar-refractivity contribution >= 4 is 16.6 Å². The lowest BCUT2D eigenvalue weighted by Gasteiger charge is -2.06. The van der Waals surface area contributed by atoms with E-state index in [0.717, 1.165) is 22.2 Å². The Labute approximate surface area is 111 Å². The molecule has 19 heavy (non-hydrogen) atoms. The lowest BCUT2D eigenvalue weighted by Crippen LogP contribution is -2.08. The Morgan fingerprint density at radius 3 is 2.74 bits per heavy atom. The largest absolute Gasteiger partial charge is 0.338 e. The minimum Gasteiger partial charge on any atom is -0.338 e. The fraction of sp³-hybridized carbons (Fsp3) is 0.125. The van der Waals surface area contributed by atoms with E-state index in [1.54, 1.807) is 6.20 Å². The summed E-state index contributed by atoms with van der Waals surface area (Å²) < 4.78 is 1.88. The van der Waals surface area contributed by atoms with Gasteiger partial charge < -0.3 is 4.57 Å². The molecule has 2 aromatic carbocycles. The van der Waals surface area contributed by atoms with Crippen molar-refractivity contribution in [1.29, 1.82) is 0 Å². The molecule has 0 aliphatic rings. The molecule has 1 heterocycles. The molecule has 0 N–H and O–H groups in total. The van der Waals surface area contributed by atoms with Crippen molar-refractivity contribution in [2.24, 2.45) is 7.05 Å². The molecule has 0 aliphatic carbocycles. The molecule has 0 radical (unpaired) electrons. The molecule has 0 atom stereocenters. The van der Waals surface area contributed by atoms with Crippen molar-refractivity contribution in [2.45, 2.75) is 6.42 Å². The van der Waals surface area contributed by atoms with Crippen molar-refractivity contribution < 1.29 is 4.79 Å². The van der Waals surface area contributed by atoms with Gasteiger partial charge in [-0.05, 0) is 10.8 Å². The summed E-state index contributed by atoms with van der Waals surface area (Å²) in [4.78, 5) is 16.6. The van der Waals surface area contributed by atoms with Gasteiger partial charge in [-0.25, -0.2) is 4.98 Å². The molecule has 0 saturated heterocycles. The quantitative estimate of drug-likeness (QED) is 0.670. The summed E-state index contributed by atoms with van der Waals surface area (Å²) in [5.74, 6) is 0.893. The van der Waals surface area contributed by atoms with E-state index in [4.69, 9.17) is 0 Å². The summed E-state index contributed by atoms with van der Waals surface area (Å²) in [5, 5.41) is 2.09. The zero-order chi connectivity index (χ0) is 13.2. The minimum absolute atomic E-state index is 0.103. The number of imidazole rings is 1. The van der Waals surface area contributed by atoms with Crippen molar-refractivity contribution in [2.75, 3.05) is 0 Å². The maximum Gasteiger partial charge on any atom is 0.170 e. The fourth-order valence-corrected chi connectivity index (χ4v) is 2.27. The number of ketones is 1. The van der Waals surface area contributed by atoms with Crippen molar-refractivity contribution in [1.82, 2.24) is 9.55 Å². The number of carbonyl (C=O) groups is 1. The van der Waals surface area contributed by atoms with Crippen LogP contribution in [0.3, 0.4) is 0 Å². The highest BCUT2D eigenvalue weighted by atomic mass is 16.1. The Hall–Kier alpha value is -2.42. The second-order valence-electron chi connectivity index (χ2n) is 4.58. The molecule has 0 aliphatic heterocycles. The Kier molecular flexibility index (Phi) is 2.88. The molecule has 0 amide bonds. The molecule has 3 heteroatoms. The van der Waals surface area contributed by atoms with E-state index in [0.29, 0.717) is 6.42 Å². The number of hydrogen-bond acceptors (Lipinski definition) is 2. The van der Waals surface area contributed by atoms with Gasteiger partial charge in [0.05, 0.1) is 6.42 Å². The number of rotatable bonds is 3. The molecule has 1 aromatic heterocycles. The van der Waals surface area contributed by atoms with Crippen LogP contribution in [0.15, 0.2) is 54.9 Å². The average Bonchev–Trinajstić information content (AvgIpc) is 2.83. The summed E-state index contributed by atoms with van der Waals surface area (Å²) in [6, 6.07) is 13.8. The van der Waals surface area contributed by atoms with Crippen LogP contribution in [-0.4, -0.2) is 15.3 Å². The third-order valence-corrected chi connectivity index (χ3v) is 3.33. The summed E-state index contributed by atoms with van der Waals surface area (Å²) in [5.41, 5.74) is 0.765. The highest BCUT2D eigenvalue weighted by Gasteiger charge is 2.12. The van der Waals surface area contributed by atoms with E-state index in [9.17, 15) is 4.79 Å². The number of aromatic nitrogens is 2. The lowest BCUT2D eigenvalue weighted by atomic mass is 10.00. The third kappa shape index (κ3) is 2.15. The van der Waals surface area contributed by atoms with Crippen LogP contribution in [0.1, 0.15) is 16.2 Å². The molecule has 0 unspecified atom stereocenters. The molecular weight excluding hydrogens is 236 g/mol. The zero-order valence-electron chi connectivity index (χ0n) is 10.7. The predicted octanol–water partition coefficient (Wildman–Crippen LogP) is 3.00. The van der Waals surface area contributed by atoms with Crippen LogP contribution in [0.2, 0.25) is 0 Å². The molecule has 0 fully saturated rings. The number of nitrogens with zero attached hydrogens (tertiary/aromatic N) is 2. The van der Waals surface area contributed by atoms with Gasteiger partial charge >= 0.3 is 0 Å². The standard InChI is InChI=1S/C16H14N2O/c1-18-10-9-17-16(18)11-15(19)14-8-4-6-12-5-2-3-7-13(12)14/h2-10H,11H2,1H3. The Morgan fingerprint density at radius 2 is 1.95 bits per heavy atom. The van der Waals surface area contributed by atoms with Gasteiger partial charge in [-0.1, -0.05) is 42.5 Å². The summed E-state index contributed by atoms with van der Waals surface area (Å²) in [7, 11) is 1.90. The topological polar surface area (TPSA) is 34.9 Å². The van der Waals surface area contributed by atoms with Crippen molar-refractivity contribution in [3.63, 3.8) is 0 Å². The monoisotopic (exact) mass is 250 g/mol. The highest BCUT2D eigenvalue weighted by Crippen LogP contribution is 2.19. The Bertz CT molecular complexity index is 738. The van der Waals surface area contributed by atoms with Gasteiger partial charge in [0, 0.05) is 25.0 Å². The van der Waals surface area contributed by atoms with Crippen LogP contribution < -0.4 is 0 Å². The molecule has 0 bridgehead atoms. The van der Waals surface area contributed by atoms with Crippen LogP contribution in [0.25, 0.3) is 10.8 Å². The molecular formula is C16H14N2O. The number of Topliss-reactive ketones (excluding diaryl/α,β-unsaturated/α-hetero) is 1. The number of hydrogen-bond donors (Lipinski definition) is 0. The zero-order valence-corrected chi connectivity index (χ0v) is 10.7. The SMILES string of the molecule is Cn1ccnc1CC(=O)c1cccc2ccccc12. The summed E-state index contributed by atoms with van der Waals surface area (Å²) >= 11 is 0. The number of aryl methyl sites for hydroxylation is 1. The normalized spacial score (nSPS) is 10.8. The highest BCUT2D eigenvalue weighted by molar-refractivity contribution is 6.08. The van der Waals surface area contributed by atoms with Gasteiger partial charge in [-0.2, -0.15) is 0 Å². The first-order valence-electron chi connectivity index (χ1n) is 6.23. The first-order valence-corrected chi connectivity index (χ1v) is 6.23. The lowest BCUT2D eigenvalue weighted by molar-refractivity contribution is 0.0991. The number of fused-ring (bicyclic) bond motifs is 1. The predicted molar refractivity (Wildman–Crippen MR) is 75.2 cm³/mol. The smallest absolute Gasteiger partial charge is 0.170 e. The summed E-state index contributed by atoms with van der Waals surface area (Å²) in [6.45, 7) is 0. The van der Waals surface area contributed by atoms with Gasteiger partial charge in [0.25, 0.3) is 0 Å². The second-order valence-corrected chi connectivity index (χ2v) is 4.58. The first kappa shape index (κ1) is 11.7. The van der Waals surface area contributed by atoms with E-state index in [-0.39, 0.29) is 5.78 Å². The van der Waals surface area contributed by atoms with Crippen LogP contribution >= 0.6 is 0 Å². The van der Waals surface area contributed by atoms with Gasteiger partial charge in [-0.15, -0.1) is 0 Å². The van der Waals surface area contributed by atoms with E-state index >= 15 is 0 Å². The van der Waals surface area contributed by atoms with Crippen LogP contribution in [0.4, 0.5) is 0 Å². The van der Waals surface area contributed by atoms with E-state index in [2.05, 4.69) is 4.98 Å². The van der Waals surface area contributed by atoms with E-state index < -0.39 is 0 Å². The molecule has 94 valence electrons. The first-order chi connectivity index (χ1) is 9.25. The minimum atomic E-state index is 0.103. The van der Waals surface area contributed by atoms with Crippen LogP contribution in [0.5, 0.6) is 0 Å². The average molecular weight is 250 g/mol. The Morgan fingerprint density at radius 1 is 1.16 bits per heavy atom.